The molecule has 94 valence electrons. The molecule has 0 spiro atoms. The summed E-state index contributed by atoms with van der Waals surface area (Å²) in [6.07, 6.45) is 3.55. The number of nitro groups is 1. The standard InChI is InChI=1S/C10H17N5O2/c1-13-7-9(15(16)17)10(12-13)14-4-2-3-8(5-11)6-14/h7-8H,2-6,11H2,1H3. The van der Waals surface area contributed by atoms with E-state index in [4.69, 9.17) is 5.73 Å². The Morgan fingerprint density at radius 2 is 2.47 bits per heavy atom. The van der Waals surface area contributed by atoms with E-state index in [1.807, 2.05) is 4.90 Å². The summed E-state index contributed by atoms with van der Waals surface area (Å²) < 4.78 is 1.49. The molecule has 0 radical (unpaired) electrons. The van der Waals surface area contributed by atoms with Gasteiger partial charge in [-0.3, -0.25) is 14.8 Å². The molecule has 1 fully saturated rings. The van der Waals surface area contributed by atoms with E-state index >= 15 is 0 Å². The van der Waals surface area contributed by atoms with Crippen molar-refractivity contribution in [3.8, 4) is 0 Å². The number of aromatic nitrogens is 2. The predicted octanol–water partition coefficient (Wildman–Crippen LogP) is 0.503. The van der Waals surface area contributed by atoms with Crippen LogP contribution in [-0.4, -0.2) is 34.3 Å². The van der Waals surface area contributed by atoms with Crippen LogP contribution in [-0.2, 0) is 7.05 Å². The van der Waals surface area contributed by atoms with Gasteiger partial charge in [0.05, 0.1) is 4.92 Å². The predicted molar refractivity (Wildman–Crippen MR) is 63.9 cm³/mol. The summed E-state index contributed by atoms with van der Waals surface area (Å²) in [6, 6.07) is 0. The molecular formula is C10H17N5O2. The molecule has 1 atom stereocenters. The Morgan fingerprint density at radius 3 is 3.12 bits per heavy atom. The summed E-state index contributed by atoms with van der Waals surface area (Å²) in [6.45, 7) is 2.19. The van der Waals surface area contributed by atoms with Crippen LogP contribution < -0.4 is 10.6 Å². The fourth-order valence-electron chi connectivity index (χ4n) is 2.27. The van der Waals surface area contributed by atoms with Crippen LogP contribution in [0.2, 0.25) is 0 Å². The van der Waals surface area contributed by atoms with Crippen molar-refractivity contribution in [2.75, 3.05) is 24.5 Å². The highest BCUT2D eigenvalue weighted by Crippen LogP contribution is 2.29. The molecule has 1 aromatic heterocycles. The van der Waals surface area contributed by atoms with Crippen molar-refractivity contribution in [3.63, 3.8) is 0 Å². The SMILES string of the molecule is Cn1cc([N+](=O)[O-])c(N2CCCC(CN)C2)n1. The number of anilines is 1. The highest BCUT2D eigenvalue weighted by Gasteiger charge is 2.27. The first kappa shape index (κ1) is 11.8. The molecule has 0 amide bonds. The van der Waals surface area contributed by atoms with Gasteiger partial charge in [0.25, 0.3) is 0 Å². The van der Waals surface area contributed by atoms with Crippen molar-refractivity contribution in [3.05, 3.63) is 16.3 Å². The Hall–Kier alpha value is -1.63. The molecule has 0 bridgehead atoms. The van der Waals surface area contributed by atoms with E-state index in [0.29, 0.717) is 18.3 Å². The first-order valence-electron chi connectivity index (χ1n) is 5.75. The largest absolute Gasteiger partial charge is 0.349 e. The average molecular weight is 239 g/mol. The Labute approximate surface area is 99.3 Å². The Balaban J connectivity index is 2.23. The van der Waals surface area contributed by atoms with Gasteiger partial charge in [0, 0.05) is 20.1 Å². The van der Waals surface area contributed by atoms with Crippen LogP contribution in [0, 0.1) is 16.0 Å². The van der Waals surface area contributed by atoms with Crippen molar-refractivity contribution in [1.29, 1.82) is 0 Å². The lowest BCUT2D eigenvalue weighted by molar-refractivity contribution is -0.384. The van der Waals surface area contributed by atoms with E-state index in [2.05, 4.69) is 5.10 Å². The zero-order valence-corrected chi connectivity index (χ0v) is 9.87. The summed E-state index contributed by atoms with van der Waals surface area (Å²) in [4.78, 5) is 12.5. The van der Waals surface area contributed by atoms with E-state index in [1.54, 1.807) is 7.05 Å². The van der Waals surface area contributed by atoms with Gasteiger partial charge in [-0.05, 0) is 25.3 Å². The zero-order chi connectivity index (χ0) is 12.4. The molecule has 1 aliphatic heterocycles. The second kappa shape index (κ2) is 4.70. The van der Waals surface area contributed by atoms with Crippen LogP contribution >= 0.6 is 0 Å². The number of rotatable bonds is 3. The third-order valence-corrected chi connectivity index (χ3v) is 3.14. The van der Waals surface area contributed by atoms with Crippen molar-refractivity contribution in [2.24, 2.45) is 18.7 Å². The lowest BCUT2D eigenvalue weighted by atomic mass is 9.98. The van der Waals surface area contributed by atoms with Crippen molar-refractivity contribution >= 4 is 11.5 Å². The van der Waals surface area contributed by atoms with Crippen LogP contribution in [0.3, 0.4) is 0 Å². The summed E-state index contributed by atoms with van der Waals surface area (Å²) in [5, 5.41) is 15.1. The summed E-state index contributed by atoms with van der Waals surface area (Å²) in [7, 11) is 1.70. The van der Waals surface area contributed by atoms with E-state index in [1.165, 1.54) is 10.9 Å². The van der Waals surface area contributed by atoms with Crippen LogP contribution in [0.1, 0.15) is 12.8 Å². The highest BCUT2D eigenvalue weighted by molar-refractivity contribution is 5.57. The summed E-state index contributed by atoms with van der Waals surface area (Å²) in [5.41, 5.74) is 5.73. The highest BCUT2D eigenvalue weighted by atomic mass is 16.6. The van der Waals surface area contributed by atoms with Crippen molar-refractivity contribution in [1.82, 2.24) is 9.78 Å². The minimum atomic E-state index is -0.381. The first-order chi connectivity index (χ1) is 8.11. The van der Waals surface area contributed by atoms with Gasteiger partial charge in [-0.15, -0.1) is 5.10 Å². The van der Waals surface area contributed by atoms with Crippen LogP contribution in [0.5, 0.6) is 0 Å². The molecule has 0 aliphatic carbocycles. The van der Waals surface area contributed by atoms with Gasteiger partial charge in [0.15, 0.2) is 0 Å². The number of nitrogens with zero attached hydrogens (tertiary/aromatic N) is 4. The number of aryl methyl sites for hydroxylation is 1. The second-order valence-electron chi connectivity index (χ2n) is 4.46. The van der Waals surface area contributed by atoms with E-state index in [9.17, 15) is 10.1 Å². The molecule has 1 aromatic rings. The molecule has 1 saturated heterocycles. The lowest BCUT2D eigenvalue weighted by Gasteiger charge is -2.31. The molecule has 17 heavy (non-hydrogen) atoms. The van der Waals surface area contributed by atoms with E-state index < -0.39 is 0 Å². The quantitative estimate of drug-likeness (QED) is 0.613. The van der Waals surface area contributed by atoms with Gasteiger partial charge in [-0.25, -0.2) is 0 Å². The molecule has 0 saturated carbocycles. The fourth-order valence-corrected chi connectivity index (χ4v) is 2.27. The molecule has 7 nitrogen and oxygen atoms in total. The maximum atomic E-state index is 10.9. The monoisotopic (exact) mass is 239 g/mol. The normalized spacial score (nSPS) is 20.6. The van der Waals surface area contributed by atoms with Crippen molar-refractivity contribution < 1.29 is 4.92 Å². The van der Waals surface area contributed by atoms with Gasteiger partial charge in [-0.2, -0.15) is 0 Å². The molecule has 2 N–H and O–H groups in total. The smallest absolute Gasteiger partial charge is 0.330 e. The van der Waals surface area contributed by atoms with Gasteiger partial charge in [-0.1, -0.05) is 0 Å². The van der Waals surface area contributed by atoms with Gasteiger partial charge >= 0.3 is 5.69 Å². The minimum Gasteiger partial charge on any atom is -0.349 e. The maximum Gasteiger partial charge on any atom is 0.330 e. The molecule has 2 heterocycles. The zero-order valence-electron chi connectivity index (χ0n) is 9.87. The molecule has 7 heteroatoms. The first-order valence-corrected chi connectivity index (χ1v) is 5.75. The Kier molecular flexibility index (Phi) is 3.28. The number of hydrogen-bond acceptors (Lipinski definition) is 5. The second-order valence-corrected chi connectivity index (χ2v) is 4.46. The molecule has 2 rings (SSSR count). The minimum absolute atomic E-state index is 0.0742. The van der Waals surface area contributed by atoms with Gasteiger partial charge in [0.1, 0.15) is 6.20 Å². The van der Waals surface area contributed by atoms with E-state index in [-0.39, 0.29) is 10.6 Å². The van der Waals surface area contributed by atoms with E-state index in [0.717, 1.165) is 25.9 Å². The van der Waals surface area contributed by atoms with Gasteiger partial charge in [0.2, 0.25) is 5.82 Å². The fraction of sp³-hybridized carbons (Fsp3) is 0.700. The van der Waals surface area contributed by atoms with Crippen molar-refractivity contribution in [2.45, 2.75) is 12.8 Å². The topological polar surface area (TPSA) is 90.2 Å². The van der Waals surface area contributed by atoms with Crippen LogP contribution in [0.4, 0.5) is 11.5 Å². The summed E-state index contributed by atoms with van der Waals surface area (Å²) in [5.74, 6) is 0.876. The average Bonchev–Trinajstić information content (AvgIpc) is 2.72. The number of nitrogens with two attached hydrogens (primary N) is 1. The number of hydrogen-bond donors (Lipinski definition) is 1. The third kappa shape index (κ3) is 2.38. The Bertz CT molecular complexity index is 417. The van der Waals surface area contributed by atoms with Crippen LogP contribution in [0.15, 0.2) is 6.20 Å². The third-order valence-electron chi connectivity index (χ3n) is 3.14. The summed E-state index contributed by atoms with van der Waals surface area (Å²) >= 11 is 0. The molecule has 0 aromatic carbocycles. The van der Waals surface area contributed by atoms with Gasteiger partial charge < -0.3 is 10.6 Å². The van der Waals surface area contributed by atoms with Crippen LogP contribution in [0.25, 0.3) is 0 Å². The maximum absolute atomic E-state index is 10.9. The molecular weight excluding hydrogens is 222 g/mol. The molecule has 1 aliphatic rings. The Morgan fingerprint density at radius 1 is 1.71 bits per heavy atom. The lowest BCUT2D eigenvalue weighted by Crippen LogP contribution is -2.38. The number of piperidine rings is 1. The molecule has 1 unspecified atom stereocenters.